The van der Waals surface area contributed by atoms with Crippen molar-refractivity contribution in [1.82, 2.24) is 19.9 Å². The lowest BCUT2D eigenvalue weighted by Gasteiger charge is -2.26. The molecule has 7 heteroatoms. The van der Waals surface area contributed by atoms with Crippen molar-refractivity contribution >= 4 is 5.97 Å². The lowest BCUT2D eigenvalue weighted by molar-refractivity contribution is 0.0207. The summed E-state index contributed by atoms with van der Waals surface area (Å²) in [4.78, 5) is 14.2. The van der Waals surface area contributed by atoms with E-state index in [1.165, 1.54) is 32.1 Å². The molecular formula is C21H30N4O3. The predicted octanol–water partition coefficient (Wildman–Crippen LogP) is 2.51. The number of aromatic nitrogens is 3. The molecule has 1 unspecified atom stereocenters. The minimum absolute atomic E-state index is 0.0789. The van der Waals surface area contributed by atoms with Crippen molar-refractivity contribution in [2.75, 3.05) is 20.2 Å². The zero-order valence-corrected chi connectivity index (χ0v) is 16.5. The summed E-state index contributed by atoms with van der Waals surface area (Å²) < 4.78 is 6.76. The Balaban J connectivity index is 1.40. The van der Waals surface area contributed by atoms with Crippen LogP contribution in [-0.4, -0.2) is 57.3 Å². The lowest BCUT2D eigenvalue weighted by atomic mass is 9.89. The third-order valence-corrected chi connectivity index (χ3v) is 5.13. The van der Waals surface area contributed by atoms with Gasteiger partial charge in [0.15, 0.2) is 0 Å². The number of rotatable bonds is 9. The number of aliphatic hydroxyl groups excluding tert-OH is 1. The lowest BCUT2D eigenvalue weighted by Crippen LogP contribution is -2.26. The average Bonchev–Trinajstić information content (AvgIpc) is 3.14. The Morgan fingerprint density at radius 1 is 1.29 bits per heavy atom. The number of hydrogen-bond donors (Lipinski definition) is 1. The highest BCUT2D eigenvalue weighted by Crippen LogP contribution is 2.24. The molecule has 152 valence electrons. The number of hydrogen-bond acceptors (Lipinski definition) is 6. The molecule has 1 fully saturated rings. The van der Waals surface area contributed by atoms with Gasteiger partial charge in [0.25, 0.3) is 0 Å². The zero-order valence-electron chi connectivity index (χ0n) is 16.5. The normalized spacial score (nSPS) is 16.2. The molecule has 0 amide bonds. The first-order valence-corrected chi connectivity index (χ1v) is 10.1. The third-order valence-electron chi connectivity index (χ3n) is 5.13. The molecule has 1 N–H and O–H groups in total. The maximum atomic E-state index is 11.9. The quantitative estimate of drug-likeness (QED) is 0.667. The second kappa shape index (κ2) is 10.3. The van der Waals surface area contributed by atoms with Crippen LogP contribution in [0, 0.1) is 5.92 Å². The largest absolute Gasteiger partial charge is 0.459 e. The summed E-state index contributed by atoms with van der Waals surface area (Å²) in [5.74, 6) is 0.346. The molecular weight excluding hydrogens is 356 g/mol. The molecule has 1 aromatic heterocycles. The van der Waals surface area contributed by atoms with Crippen molar-refractivity contribution in [3.63, 3.8) is 0 Å². The number of benzene rings is 1. The van der Waals surface area contributed by atoms with Gasteiger partial charge in [0.2, 0.25) is 0 Å². The van der Waals surface area contributed by atoms with E-state index in [9.17, 15) is 9.90 Å². The van der Waals surface area contributed by atoms with E-state index in [0.717, 1.165) is 24.7 Å². The Morgan fingerprint density at radius 3 is 2.79 bits per heavy atom. The Bertz CT molecular complexity index is 728. The molecule has 0 bridgehead atoms. The number of nitrogens with zero attached hydrogens (tertiary/aromatic N) is 4. The van der Waals surface area contributed by atoms with Crippen LogP contribution in [0.15, 0.2) is 36.5 Å². The Kier molecular flexibility index (Phi) is 7.56. The van der Waals surface area contributed by atoms with Gasteiger partial charge < -0.3 is 14.7 Å². The number of carbonyl (C=O) groups excluding carboxylic acids is 1. The maximum Gasteiger partial charge on any atom is 0.338 e. The van der Waals surface area contributed by atoms with Gasteiger partial charge in [-0.2, -0.15) is 0 Å². The number of esters is 1. The molecule has 1 aliphatic rings. The molecule has 0 spiro atoms. The van der Waals surface area contributed by atoms with Crippen molar-refractivity contribution in [3.8, 4) is 0 Å². The molecule has 1 atom stereocenters. The molecule has 7 nitrogen and oxygen atoms in total. The monoisotopic (exact) mass is 386 g/mol. The van der Waals surface area contributed by atoms with Crippen LogP contribution < -0.4 is 0 Å². The SMILES string of the molecule is CN(Cc1cn(CC(O)COC(=O)c2ccccc2)nn1)CC1CCCCC1. The van der Waals surface area contributed by atoms with Gasteiger partial charge in [0.05, 0.1) is 17.8 Å². The molecule has 0 radical (unpaired) electrons. The van der Waals surface area contributed by atoms with Crippen LogP contribution in [0.25, 0.3) is 0 Å². The van der Waals surface area contributed by atoms with E-state index in [-0.39, 0.29) is 13.2 Å². The van der Waals surface area contributed by atoms with E-state index in [1.807, 2.05) is 12.3 Å². The summed E-state index contributed by atoms with van der Waals surface area (Å²) in [6, 6.07) is 8.75. The van der Waals surface area contributed by atoms with Gasteiger partial charge in [0, 0.05) is 19.3 Å². The van der Waals surface area contributed by atoms with Gasteiger partial charge in [-0.05, 0) is 37.9 Å². The second-order valence-electron chi connectivity index (χ2n) is 7.75. The summed E-state index contributed by atoms with van der Waals surface area (Å²) in [7, 11) is 2.12. The van der Waals surface area contributed by atoms with Crippen molar-refractivity contribution < 1.29 is 14.6 Å². The first kappa shape index (κ1) is 20.5. The van der Waals surface area contributed by atoms with Crippen molar-refractivity contribution in [2.45, 2.75) is 51.3 Å². The van der Waals surface area contributed by atoms with Crippen molar-refractivity contribution in [3.05, 3.63) is 47.8 Å². The summed E-state index contributed by atoms with van der Waals surface area (Å²) in [6.45, 7) is 1.99. The number of ether oxygens (including phenoxy) is 1. The smallest absolute Gasteiger partial charge is 0.338 e. The first-order valence-electron chi connectivity index (χ1n) is 10.1. The highest BCUT2D eigenvalue weighted by Gasteiger charge is 2.17. The van der Waals surface area contributed by atoms with E-state index in [1.54, 1.807) is 28.9 Å². The van der Waals surface area contributed by atoms with Crippen LogP contribution in [0.3, 0.4) is 0 Å². The highest BCUT2D eigenvalue weighted by atomic mass is 16.5. The fourth-order valence-corrected chi connectivity index (χ4v) is 3.75. The zero-order chi connectivity index (χ0) is 19.8. The van der Waals surface area contributed by atoms with Crippen molar-refractivity contribution in [1.29, 1.82) is 0 Å². The van der Waals surface area contributed by atoms with Gasteiger partial charge in [-0.15, -0.1) is 5.10 Å². The molecule has 1 aliphatic carbocycles. The van der Waals surface area contributed by atoms with Gasteiger partial charge in [-0.1, -0.05) is 42.7 Å². The molecule has 28 heavy (non-hydrogen) atoms. The molecule has 0 saturated heterocycles. The molecule has 1 saturated carbocycles. The maximum absolute atomic E-state index is 11.9. The minimum Gasteiger partial charge on any atom is -0.459 e. The molecule has 1 heterocycles. The van der Waals surface area contributed by atoms with E-state index in [4.69, 9.17) is 4.74 Å². The summed E-state index contributed by atoms with van der Waals surface area (Å²) in [5, 5.41) is 18.4. The van der Waals surface area contributed by atoms with Crippen LogP contribution in [0.1, 0.15) is 48.2 Å². The molecule has 1 aromatic carbocycles. The fraction of sp³-hybridized carbons (Fsp3) is 0.571. The Hall–Kier alpha value is -2.25. The van der Waals surface area contributed by atoms with Crippen LogP contribution in [-0.2, 0) is 17.8 Å². The summed E-state index contributed by atoms with van der Waals surface area (Å²) in [5.41, 5.74) is 1.35. The van der Waals surface area contributed by atoms with E-state index in [2.05, 4.69) is 22.3 Å². The topological polar surface area (TPSA) is 80.5 Å². The molecule has 0 aliphatic heterocycles. The van der Waals surface area contributed by atoms with Crippen LogP contribution >= 0.6 is 0 Å². The summed E-state index contributed by atoms with van der Waals surface area (Å²) in [6.07, 6.45) is 7.73. The van der Waals surface area contributed by atoms with E-state index >= 15 is 0 Å². The third kappa shape index (κ3) is 6.42. The number of aliphatic hydroxyl groups is 1. The fourth-order valence-electron chi connectivity index (χ4n) is 3.75. The Morgan fingerprint density at radius 2 is 2.04 bits per heavy atom. The van der Waals surface area contributed by atoms with E-state index < -0.39 is 12.1 Å². The predicted molar refractivity (Wildman–Crippen MR) is 106 cm³/mol. The minimum atomic E-state index is -0.831. The average molecular weight is 386 g/mol. The van der Waals surface area contributed by atoms with Crippen LogP contribution in [0.5, 0.6) is 0 Å². The molecule has 2 aromatic rings. The van der Waals surface area contributed by atoms with Gasteiger partial charge in [-0.3, -0.25) is 0 Å². The van der Waals surface area contributed by atoms with Gasteiger partial charge in [0.1, 0.15) is 12.7 Å². The van der Waals surface area contributed by atoms with Gasteiger partial charge >= 0.3 is 5.97 Å². The van der Waals surface area contributed by atoms with Crippen LogP contribution in [0.4, 0.5) is 0 Å². The number of carbonyl (C=O) groups is 1. The van der Waals surface area contributed by atoms with Crippen LogP contribution in [0.2, 0.25) is 0 Å². The summed E-state index contributed by atoms with van der Waals surface area (Å²) >= 11 is 0. The second-order valence-corrected chi connectivity index (χ2v) is 7.75. The first-order chi connectivity index (χ1) is 13.6. The van der Waals surface area contributed by atoms with E-state index in [0.29, 0.717) is 5.56 Å². The Labute approximate surface area is 166 Å². The van der Waals surface area contributed by atoms with Gasteiger partial charge in [-0.25, -0.2) is 9.48 Å². The van der Waals surface area contributed by atoms with Crippen molar-refractivity contribution in [2.24, 2.45) is 5.92 Å². The standard InChI is InChI=1S/C21H30N4O3/c1-24(12-17-8-4-2-5-9-17)13-19-14-25(23-22-19)15-20(26)16-28-21(27)18-10-6-3-7-11-18/h3,6-7,10-11,14,17,20,26H,2,4-5,8-9,12-13,15-16H2,1H3. The highest BCUT2D eigenvalue weighted by molar-refractivity contribution is 5.89. The molecule has 3 rings (SSSR count).